The Morgan fingerprint density at radius 3 is 2.61 bits per heavy atom. The fourth-order valence-electron chi connectivity index (χ4n) is 4.21. The molecule has 2 aliphatic heterocycles. The highest BCUT2D eigenvalue weighted by atomic mass is 35.5. The number of nitrogens with zero attached hydrogens (tertiary/aromatic N) is 3. The normalized spacial score (nSPS) is 18.4. The summed E-state index contributed by atoms with van der Waals surface area (Å²) in [5.41, 5.74) is 1.58. The average Bonchev–Trinajstić information content (AvgIpc) is 3.16. The van der Waals surface area contributed by atoms with Crippen LogP contribution in [0.2, 0.25) is 5.02 Å². The molecule has 2 aliphatic rings. The molecule has 33 heavy (non-hydrogen) atoms. The number of nitrogens with one attached hydrogen (secondary N) is 2. The fourth-order valence-corrected chi connectivity index (χ4v) is 4.33. The zero-order valence-corrected chi connectivity index (χ0v) is 19.5. The minimum Gasteiger partial charge on any atom is -0.350 e. The van der Waals surface area contributed by atoms with Crippen molar-refractivity contribution in [2.24, 2.45) is 0 Å². The minimum atomic E-state index is -1.14. The van der Waals surface area contributed by atoms with Gasteiger partial charge >= 0.3 is 6.03 Å². The molecule has 4 rings (SSSR count). The van der Waals surface area contributed by atoms with Gasteiger partial charge in [0, 0.05) is 30.5 Å². The molecule has 0 saturated carbocycles. The summed E-state index contributed by atoms with van der Waals surface area (Å²) in [6, 6.07) is 9.82. The van der Waals surface area contributed by atoms with Crippen LogP contribution >= 0.6 is 11.6 Å². The van der Waals surface area contributed by atoms with Gasteiger partial charge in [0.1, 0.15) is 5.54 Å². The molecule has 8 nitrogen and oxygen atoms in total. The molecule has 0 bridgehead atoms. The van der Waals surface area contributed by atoms with Crippen molar-refractivity contribution in [3.05, 3.63) is 76.2 Å². The van der Waals surface area contributed by atoms with E-state index in [4.69, 9.17) is 11.6 Å². The topological polar surface area (TPSA) is 94.6 Å². The maximum Gasteiger partial charge on any atom is 0.322 e. The zero-order chi connectivity index (χ0) is 23.8. The zero-order valence-electron chi connectivity index (χ0n) is 18.8. The third-order valence-corrected chi connectivity index (χ3v) is 6.40. The van der Waals surface area contributed by atoms with Crippen molar-refractivity contribution in [1.82, 2.24) is 25.4 Å². The Kier molecular flexibility index (Phi) is 6.12. The predicted octanol–water partition coefficient (Wildman–Crippen LogP) is 3.01. The molecule has 2 aromatic rings. The number of carbonyl (C=O) groups excluding carboxylic acids is 3. The summed E-state index contributed by atoms with van der Waals surface area (Å²) in [4.78, 5) is 46.7. The Balaban J connectivity index is 1.61. The number of amides is 4. The molecule has 0 saturated heterocycles. The predicted molar refractivity (Wildman–Crippen MR) is 124 cm³/mol. The van der Waals surface area contributed by atoms with Crippen LogP contribution in [0.1, 0.15) is 37.9 Å². The highest BCUT2D eigenvalue weighted by Gasteiger charge is 2.49. The van der Waals surface area contributed by atoms with E-state index < -0.39 is 11.6 Å². The lowest BCUT2D eigenvalue weighted by atomic mass is 9.95. The van der Waals surface area contributed by atoms with Crippen LogP contribution in [0.5, 0.6) is 0 Å². The van der Waals surface area contributed by atoms with E-state index in [2.05, 4.69) is 15.6 Å². The molecular formula is C24H26ClN5O3. The van der Waals surface area contributed by atoms with E-state index in [1.807, 2.05) is 13.0 Å². The highest BCUT2D eigenvalue weighted by molar-refractivity contribution is 6.30. The van der Waals surface area contributed by atoms with Crippen LogP contribution < -0.4 is 10.6 Å². The number of hydrogen-bond donors (Lipinski definition) is 2. The summed E-state index contributed by atoms with van der Waals surface area (Å²) in [5.74, 6) is -0.560. The standard InChI is InChI=1S/C24H26ClN5O3/c1-4-29-18-14-30(24(2,3)22(32)27-13-15-6-5-11-26-12-15)21(31)19(18)20(28-23(29)33)16-7-9-17(25)10-8-16/h5-12,20H,4,13-14H2,1-3H3,(H,27,32)(H,28,33)/t20-/m1/s1. The molecule has 0 spiro atoms. The Bertz CT molecular complexity index is 1110. The van der Waals surface area contributed by atoms with E-state index >= 15 is 0 Å². The summed E-state index contributed by atoms with van der Waals surface area (Å²) in [6.45, 7) is 6.17. The van der Waals surface area contributed by atoms with E-state index in [1.165, 1.54) is 4.90 Å². The van der Waals surface area contributed by atoms with Crippen LogP contribution in [0.4, 0.5) is 4.79 Å². The van der Waals surface area contributed by atoms with Gasteiger partial charge in [-0.3, -0.25) is 19.5 Å². The van der Waals surface area contributed by atoms with Gasteiger partial charge in [0.05, 0.1) is 23.9 Å². The van der Waals surface area contributed by atoms with Gasteiger partial charge in [-0.2, -0.15) is 0 Å². The third kappa shape index (κ3) is 4.18. The lowest BCUT2D eigenvalue weighted by Crippen LogP contribution is -2.56. The van der Waals surface area contributed by atoms with Crippen molar-refractivity contribution in [3.63, 3.8) is 0 Å². The van der Waals surface area contributed by atoms with Gasteiger partial charge in [-0.1, -0.05) is 29.8 Å². The Morgan fingerprint density at radius 1 is 1.24 bits per heavy atom. The van der Waals surface area contributed by atoms with Crippen molar-refractivity contribution >= 4 is 29.4 Å². The Morgan fingerprint density at radius 2 is 1.97 bits per heavy atom. The molecular weight excluding hydrogens is 442 g/mol. The lowest BCUT2D eigenvalue weighted by molar-refractivity contribution is -0.141. The monoisotopic (exact) mass is 467 g/mol. The van der Waals surface area contributed by atoms with Crippen molar-refractivity contribution < 1.29 is 14.4 Å². The second kappa shape index (κ2) is 8.86. The van der Waals surface area contributed by atoms with Crippen LogP contribution in [0, 0.1) is 0 Å². The summed E-state index contributed by atoms with van der Waals surface area (Å²) in [5, 5.41) is 6.40. The van der Waals surface area contributed by atoms with Crippen LogP contribution in [0.3, 0.4) is 0 Å². The molecule has 1 atom stereocenters. The molecule has 1 aromatic heterocycles. The van der Waals surface area contributed by atoms with Crippen molar-refractivity contribution in [2.75, 3.05) is 13.1 Å². The molecule has 0 fully saturated rings. The van der Waals surface area contributed by atoms with Crippen LogP contribution in [0.25, 0.3) is 0 Å². The first kappa shape index (κ1) is 22.8. The smallest absolute Gasteiger partial charge is 0.322 e. The number of rotatable bonds is 6. The van der Waals surface area contributed by atoms with E-state index in [0.29, 0.717) is 29.4 Å². The van der Waals surface area contributed by atoms with Gasteiger partial charge in [-0.25, -0.2) is 4.79 Å². The number of carbonyl (C=O) groups is 3. The summed E-state index contributed by atoms with van der Waals surface area (Å²) in [7, 11) is 0. The van der Waals surface area contributed by atoms with E-state index in [0.717, 1.165) is 11.1 Å². The molecule has 9 heteroatoms. The van der Waals surface area contributed by atoms with E-state index in [1.54, 1.807) is 61.5 Å². The van der Waals surface area contributed by atoms with Gasteiger partial charge in [0.25, 0.3) is 5.91 Å². The lowest BCUT2D eigenvalue weighted by Gasteiger charge is -2.35. The number of likely N-dealkylation sites (N-methyl/N-ethyl adjacent to an activating group) is 1. The molecule has 3 heterocycles. The molecule has 0 aliphatic carbocycles. The summed E-state index contributed by atoms with van der Waals surface area (Å²) >= 11 is 6.03. The second-order valence-electron chi connectivity index (χ2n) is 8.53. The third-order valence-electron chi connectivity index (χ3n) is 6.15. The number of pyridine rings is 1. The van der Waals surface area contributed by atoms with Crippen LogP contribution in [-0.4, -0.2) is 51.3 Å². The molecule has 1 aromatic carbocycles. The summed E-state index contributed by atoms with van der Waals surface area (Å²) in [6.07, 6.45) is 3.35. The number of hydrogen-bond acceptors (Lipinski definition) is 4. The van der Waals surface area contributed by atoms with Crippen molar-refractivity contribution in [3.8, 4) is 0 Å². The van der Waals surface area contributed by atoms with Crippen LogP contribution in [-0.2, 0) is 16.1 Å². The van der Waals surface area contributed by atoms with Gasteiger partial charge in [-0.15, -0.1) is 0 Å². The van der Waals surface area contributed by atoms with Gasteiger partial charge in [0.2, 0.25) is 5.91 Å². The Hall–Kier alpha value is -3.39. The minimum absolute atomic E-state index is 0.173. The largest absolute Gasteiger partial charge is 0.350 e. The first-order valence-electron chi connectivity index (χ1n) is 10.8. The molecule has 0 unspecified atom stereocenters. The number of aromatic nitrogens is 1. The van der Waals surface area contributed by atoms with Crippen molar-refractivity contribution in [1.29, 1.82) is 0 Å². The quantitative estimate of drug-likeness (QED) is 0.682. The first-order valence-corrected chi connectivity index (χ1v) is 11.2. The maximum absolute atomic E-state index is 13.7. The fraction of sp³-hybridized carbons (Fsp3) is 0.333. The number of urea groups is 1. The average molecular weight is 468 g/mol. The molecule has 172 valence electrons. The highest BCUT2D eigenvalue weighted by Crippen LogP contribution is 2.39. The summed E-state index contributed by atoms with van der Waals surface area (Å²) < 4.78 is 0. The second-order valence-corrected chi connectivity index (χ2v) is 8.97. The molecule has 4 amide bonds. The van der Waals surface area contributed by atoms with Gasteiger partial charge in [0.15, 0.2) is 0 Å². The van der Waals surface area contributed by atoms with Gasteiger partial charge in [-0.05, 0) is 50.1 Å². The van der Waals surface area contributed by atoms with E-state index in [9.17, 15) is 14.4 Å². The molecule has 2 N–H and O–H groups in total. The maximum atomic E-state index is 13.7. The van der Waals surface area contributed by atoms with E-state index in [-0.39, 0.29) is 24.4 Å². The van der Waals surface area contributed by atoms with Crippen LogP contribution in [0.15, 0.2) is 60.1 Å². The number of halogens is 1. The molecule has 0 radical (unpaired) electrons. The Labute approximate surface area is 197 Å². The van der Waals surface area contributed by atoms with Gasteiger partial charge < -0.3 is 15.5 Å². The SMILES string of the molecule is CCN1C(=O)N[C@H](c2ccc(Cl)cc2)C2=C1CN(C(C)(C)C(=O)NCc1cccnc1)C2=O. The van der Waals surface area contributed by atoms with Crippen molar-refractivity contribution in [2.45, 2.75) is 38.9 Å². The first-order chi connectivity index (χ1) is 15.7. The number of benzene rings is 1.